The molecule has 0 aliphatic heterocycles. The van der Waals surface area contributed by atoms with Crippen molar-refractivity contribution >= 4 is 17.2 Å². The molecule has 0 saturated carbocycles. The number of nitrogens with two attached hydrogens (primary N) is 1. The van der Waals surface area contributed by atoms with E-state index in [1.165, 1.54) is 4.88 Å². The normalized spacial score (nSPS) is 10.6. The number of rotatable bonds is 4. The summed E-state index contributed by atoms with van der Waals surface area (Å²) in [5.41, 5.74) is 4.53. The summed E-state index contributed by atoms with van der Waals surface area (Å²) in [6.45, 7) is 2.14. The van der Waals surface area contributed by atoms with Crippen LogP contribution in [0.3, 0.4) is 0 Å². The molecule has 0 fully saturated rings. The van der Waals surface area contributed by atoms with Crippen LogP contribution in [-0.4, -0.2) is 9.97 Å². The van der Waals surface area contributed by atoms with Crippen molar-refractivity contribution in [1.82, 2.24) is 9.97 Å². The Labute approximate surface area is 127 Å². The van der Waals surface area contributed by atoms with E-state index in [0.717, 1.165) is 22.6 Å². The molecule has 2 aromatic heterocycles. The lowest BCUT2D eigenvalue weighted by Gasteiger charge is -2.06. The number of nitrogen functional groups attached to an aromatic ring is 1. The first kappa shape index (κ1) is 13.7. The van der Waals surface area contributed by atoms with Crippen LogP contribution in [0.4, 0.5) is 5.82 Å². The van der Waals surface area contributed by atoms with E-state index in [1.807, 2.05) is 36.4 Å². The average molecular weight is 296 g/mol. The number of aromatic nitrogens is 2. The van der Waals surface area contributed by atoms with Crippen molar-refractivity contribution in [2.75, 3.05) is 5.43 Å². The summed E-state index contributed by atoms with van der Waals surface area (Å²) in [5.74, 6) is 6.86. The fraction of sp³-hybridized carbons (Fsp3) is 0.125. The predicted molar refractivity (Wildman–Crippen MR) is 88.0 cm³/mol. The van der Waals surface area contributed by atoms with Gasteiger partial charge < -0.3 is 5.43 Å². The fourth-order valence-electron chi connectivity index (χ4n) is 2.08. The number of nitrogens with one attached hydrogen (secondary N) is 1. The minimum absolute atomic E-state index is 0.616. The maximum absolute atomic E-state index is 5.54. The van der Waals surface area contributed by atoms with Crippen molar-refractivity contribution in [3.63, 3.8) is 0 Å². The SMILES string of the molecule is CCc1ccc(-c2nc(NN)cc(-c3ccccc3)n2)s1. The van der Waals surface area contributed by atoms with Crippen LogP contribution < -0.4 is 11.3 Å². The van der Waals surface area contributed by atoms with Crippen LogP contribution >= 0.6 is 11.3 Å². The molecule has 21 heavy (non-hydrogen) atoms. The lowest BCUT2D eigenvalue weighted by Crippen LogP contribution is -2.09. The lowest BCUT2D eigenvalue weighted by atomic mass is 10.1. The molecule has 0 aliphatic carbocycles. The average Bonchev–Trinajstić information content (AvgIpc) is 3.04. The largest absolute Gasteiger partial charge is 0.308 e. The summed E-state index contributed by atoms with van der Waals surface area (Å²) in [6, 6.07) is 16.1. The number of hydrogen-bond acceptors (Lipinski definition) is 5. The number of thiophene rings is 1. The maximum atomic E-state index is 5.54. The zero-order valence-corrected chi connectivity index (χ0v) is 12.5. The zero-order valence-electron chi connectivity index (χ0n) is 11.7. The molecule has 2 heterocycles. The number of benzene rings is 1. The Morgan fingerprint density at radius 1 is 1.10 bits per heavy atom. The third-order valence-electron chi connectivity index (χ3n) is 3.17. The van der Waals surface area contributed by atoms with Gasteiger partial charge in [-0.3, -0.25) is 0 Å². The highest BCUT2D eigenvalue weighted by molar-refractivity contribution is 7.15. The molecule has 0 amide bonds. The minimum Gasteiger partial charge on any atom is -0.308 e. The molecule has 1 aromatic carbocycles. The van der Waals surface area contributed by atoms with Crippen molar-refractivity contribution < 1.29 is 0 Å². The standard InChI is InChI=1S/C16H16N4S/c1-2-12-8-9-14(21-12)16-18-13(10-15(19-16)20-17)11-6-4-3-5-7-11/h3-10H,2,17H2,1H3,(H,18,19,20). The van der Waals surface area contributed by atoms with Gasteiger partial charge in [-0.1, -0.05) is 37.3 Å². The maximum Gasteiger partial charge on any atom is 0.172 e. The van der Waals surface area contributed by atoms with Crippen molar-refractivity contribution in [3.8, 4) is 22.0 Å². The molecule has 3 aromatic rings. The quantitative estimate of drug-likeness (QED) is 0.569. The van der Waals surface area contributed by atoms with Gasteiger partial charge in [0.25, 0.3) is 0 Å². The zero-order chi connectivity index (χ0) is 14.7. The Morgan fingerprint density at radius 3 is 2.57 bits per heavy atom. The molecule has 3 rings (SSSR count). The summed E-state index contributed by atoms with van der Waals surface area (Å²) in [7, 11) is 0. The lowest BCUT2D eigenvalue weighted by molar-refractivity contribution is 1.16. The van der Waals surface area contributed by atoms with Crippen molar-refractivity contribution in [2.45, 2.75) is 13.3 Å². The monoisotopic (exact) mass is 296 g/mol. The van der Waals surface area contributed by atoms with Crippen LogP contribution in [-0.2, 0) is 6.42 Å². The van der Waals surface area contributed by atoms with E-state index in [4.69, 9.17) is 5.84 Å². The molecule has 0 aliphatic rings. The first-order chi connectivity index (χ1) is 10.3. The van der Waals surface area contributed by atoms with Crippen LogP contribution in [0.15, 0.2) is 48.5 Å². The number of anilines is 1. The third kappa shape index (κ3) is 2.94. The van der Waals surface area contributed by atoms with Gasteiger partial charge in [-0.2, -0.15) is 0 Å². The van der Waals surface area contributed by atoms with Gasteiger partial charge in [-0.25, -0.2) is 15.8 Å². The van der Waals surface area contributed by atoms with Gasteiger partial charge in [0.1, 0.15) is 5.82 Å². The van der Waals surface area contributed by atoms with Gasteiger partial charge in [-0.15, -0.1) is 11.3 Å². The number of aryl methyl sites for hydroxylation is 1. The van der Waals surface area contributed by atoms with Crippen LogP contribution in [0.2, 0.25) is 0 Å². The van der Waals surface area contributed by atoms with Gasteiger partial charge >= 0.3 is 0 Å². The smallest absolute Gasteiger partial charge is 0.172 e. The molecule has 0 saturated heterocycles. The molecule has 3 N–H and O–H groups in total. The first-order valence-electron chi connectivity index (χ1n) is 6.80. The van der Waals surface area contributed by atoms with Gasteiger partial charge in [-0.05, 0) is 18.6 Å². The van der Waals surface area contributed by atoms with Gasteiger partial charge in [0.15, 0.2) is 5.82 Å². The van der Waals surface area contributed by atoms with Crippen LogP contribution in [0.25, 0.3) is 22.0 Å². The Hall–Kier alpha value is -2.24. The molecular weight excluding hydrogens is 280 g/mol. The molecule has 106 valence electrons. The summed E-state index contributed by atoms with van der Waals surface area (Å²) < 4.78 is 0. The Bertz CT molecular complexity index is 737. The predicted octanol–water partition coefficient (Wildman–Crippen LogP) is 3.72. The Balaban J connectivity index is 2.09. The second-order valence-electron chi connectivity index (χ2n) is 4.59. The summed E-state index contributed by atoms with van der Waals surface area (Å²) in [6.07, 6.45) is 1.02. The van der Waals surface area contributed by atoms with E-state index in [-0.39, 0.29) is 0 Å². The van der Waals surface area contributed by atoms with Crippen LogP contribution in [0.1, 0.15) is 11.8 Å². The highest BCUT2D eigenvalue weighted by atomic mass is 32.1. The van der Waals surface area contributed by atoms with Gasteiger partial charge in [0, 0.05) is 16.5 Å². The molecule has 0 atom stereocenters. The van der Waals surface area contributed by atoms with Crippen molar-refractivity contribution in [3.05, 3.63) is 53.4 Å². The van der Waals surface area contributed by atoms with E-state index in [0.29, 0.717) is 11.6 Å². The summed E-state index contributed by atoms with van der Waals surface area (Å²) >= 11 is 1.72. The van der Waals surface area contributed by atoms with Crippen LogP contribution in [0.5, 0.6) is 0 Å². The van der Waals surface area contributed by atoms with Crippen molar-refractivity contribution in [1.29, 1.82) is 0 Å². The topological polar surface area (TPSA) is 63.8 Å². The molecular formula is C16H16N4S. The van der Waals surface area contributed by atoms with E-state index >= 15 is 0 Å². The molecule has 0 bridgehead atoms. The molecule has 0 spiro atoms. The molecule has 0 unspecified atom stereocenters. The molecule has 5 heteroatoms. The third-order valence-corrected chi connectivity index (χ3v) is 4.40. The first-order valence-corrected chi connectivity index (χ1v) is 7.62. The number of hydrazine groups is 1. The van der Waals surface area contributed by atoms with E-state index in [2.05, 4.69) is 34.5 Å². The van der Waals surface area contributed by atoms with Gasteiger partial charge in [0.05, 0.1) is 10.6 Å². The summed E-state index contributed by atoms with van der Waals surface area (Å²) in [4.78, 5) is 11.5. The van der Waals surface area contributed by atoms with E-state index in [9.17, 15) is 0 Å². The molecule has 0 radical (unpaired) electrons. The fourth-order valence-corrected chi connectivity index (χ4v) is 2.96. The summed E-state index contributed by atoms with van der Waals surface area (Å²) in [5, 5.41) is 0. The second-order valence-corrected chi connectivity index (χ2v) is 5.76. The van der Waals surface area contributed by atoms with E-state index < -0.39 is 0 Å². The highest BCUT2D eigenvalue weighted by Gasteiger charge is 2.10. The Kier molecular flexibility index (Phi) is 3.94. The number of nitrogens with zero attached hydrogens (tertiary/aromatic N) is 2. The van der Waals surface area contributed by atoms with E-state index in [1.54, 1.807) is 11.3 Å². The van der Waals surface area contributed by atoms with Crippen LogP contribution in [0, 0.1) is 0 Å². The van der Waals surface area contributed by atoms with Gasteiger partial charge in [0.2, 0.25) is 0 Å². The minimum atomic E-state index is 0.616. The number of hydrogen-bond donors (Lipinski definition) is 2. The molecule has 4 nitrogen and oxygen atoms in total. The van der Waals surface area contributed by atoms with Crippen molar-refractivity contribution in [2.24, 2.45) is 5.84 Å². The second kappa shape index (κ2) is 6.03. The Morgan fingerprint density at radius 2 is 1.90 bits per heavy atom. The highest BCUT2D eigenvalue weighted by Crippen LogP contribution is 2.29.